The zero-order valence-corrected chi connectivity index (χ0v) is 10.7. The number of hydrogen-bond donors (Lipinski definition) is 2. The van der Waals surface area contributed by atoms with Gasteiger partial charge >= 0.3 is 0 Å². The van der Waals surface area contributed by atoms with E-state index in [1.54, 1.807) is 12.1 Å². The standard InChI is InChI=1S/C12H18O3Si/c13-12(14,10-6-2-1-3-7-10)16-11-8-4-5-9-15-11/h1-3,6-7,11,13-14H,4-5,8-9,16H2. The van der Waals surface area contributed by atoms with Crippen LogP contribution in [0.2, 0.25) is 0 Å². The fourth-order valence-corrected chi connectivity index (χ4v) is 3.99. The van der Waals surface area contributed by atoms with Crippen molar-refractivity contribution in [3.8, 4) is 0 Å². The summed E-state index contributed by atoms with van der Waals surface area (Å²) in [6.07, 6.45) is 3.21. The van der Waals surface area contributed by atoms with Crippen LogP contribution in [0.1, 0.15) is 24.8 Å². The Morgan fingerprint density at radius 2 is 1.94 bits per heavy atom. The maximum atomic E-state index is 10.1. The van der Waals surface area contributed by atoms with Crippen LogP contribution >= 0.6 is 0 Å². The molecule has 1 aromatic rings. The molecule has 2 rings (SSSR count). The van der Waals surface area contributed by atoms with Gasteiger partial charge in [-0.2, -0.15) is 0 Å². The Hall–Kier alpha value is -0.683. The number of rotatable bonds is 3. The molecule has 0 saturated carbocycles. The van der Waals surface area contributed by atoms with E-state index in [9.17, 15) is 10.2 Å². The monoisotopic (exact) mass is 238 g/mol. The van der Waals surface area contributed by atoms with Crippen LogP contribution in [0.25, 0.3) is 0 Å². The van der Waals surface area contributed by atoms with Gasteiger partial charge in [0, 0.05) is 17.9 Å². The van der Waals surface area contributed by atoms with E-state index in [0.29, 0.717) is 5.56 Å². The lowest BCUT2D eigenvalue weighted by molar-refractivity contribution is -0.101. The first-order valence-electron chi connectivity index (χ1n) is 5.80. The van der Waals surface area contributed by atoms with E-state index >= 15 is 0 Å². The lowest BCUT2D eigenvalue weighted by Crippen LogP contribution is -2.42. The molecule has 1 heterocycles. The summed E-state index contributed by atoms with van der Waals surface area (Å²) in [4.78, 5) is 0. The maximum Gasteiger partial charge on any atom is 0.166 e. The molecule has 1 aliphatic heterocycles. The van der Waals surface area contributed by atoms with Crippen molar-refractivity contribution in [2.75, 3.05) is 6.61 Å². The topological polar surface area (TPSA) is 49.7 Å². The second kappa shape index (κ2) is 5.10. The van der Waals surface area contributed by atoms with Crippen molar-refractivity contribution >= 4 is 9.52 Å². The average Bonchev–Trinajstić information content (AvgIpc) is 2.31. The highest BCUT2D eigenvalue weighted by Gasteiger charge is 2.31. The Kier molecular flexibility index (Phi) is 3.76. The average molecular weight is 238 g/mol. The molecule has 3 nitrogen and oxygen atoms in total. The van der Waals surface area contributed by atoms with Crippen molar-refractivity contribution in [1.29, 1.82) is 0 Å². The molecule has 1 fully saturated rings. The van der Waals surface area contributed by atoms with Gasteiger partial charge in [-0.1, -0.05) is 30.3 Å². The molecule has 88 valence electrons. The van der Waals surface area contributed by atoms with E-state index in [-0.39, 0.29) is 5.73 Å². The van der Waals surface area contributed by atoms with Crippen molar-refractivity contribution in [2.24, 2.45) is 0 Å². The molecule has 16 heavy (non-hydrogen) atoms. The van der Waals surface area contributed by atoms with Gasteiger partial charge in [0.2, 0.25) is 0 Å². The van der Waals surface area contributed by atoms with Crippen molar-refractivity contribution in [2.45, 2.75) is 30.4 Å². The normalized spacial score (nSPS) is 22.8. The van der Waals surface area contributed by atoms with Gasteiger partial charge in [-0.3, -0.25) is 0 Å². The van der Waals surface area contributed by atoms with Crippen LogP contribution in [0.4, 0.5) is 0 Å². The summed E-state index contributed by atoms with van der Waals surface area (Å²) in [7, 11) is -1.12. The zero-order valence-electron chi connectivity index (χ0n) is 9.30. The Balaban J connectivity index is 2.01. The van der Waals surface area contributed by atoms with E-state index in [0.717, 1.165) is 25.9 Å². The SMILES string of the molecule is OC(O)([SiH2]C1CCCCO1)c1ccccc1. The molecule has 1 atom stereocenters. The van der Waals surface area contributed by atoms with Crippen molar-refractivity contribution in [3.63, 3.8) is 0 Å². The van der Waals surface area contributed by atoms with Crippen LogP contribution in [0.15, 0.2) is 30.3 Å². The molecule has 1 unspecified atom stereocenters. The maximum absolute atomic E-state index is 10.1. The zero-order chi connectivity index (χ0) is 11.4. The van der Waals surface area contributed by atoms with Gasteiger partial charge in [0.05, 0.1) is 0 Å². The summed E-state index contributed by atoms with van der Waals surface area (Å²) in [5.74, 6) is 0. The molecule has 0 spiro atoms. The second-order valence-electron chi connectivity index (χ2n) is 4.38. The Bertz CT molecular complexity index is 320. The van der Waals surface area contributed by atoms with Crippen LogP contribution in [-0.4, -0.2) is 32.1 Å². The Morgan fingerprint density at radius 1 is 1.19 bits per heavy atom. The lowest BCUT2D eigenvalue weighted by Gasteiger charge is -2.29. The van der Waals surface area contributed by atoms with E-state index < -0.39 is 14.9 Å². The third-order valence-electron chi connectivity index (χ3n) is 3.02. The minimum Gasteiger partial charge on any atom is -0.382 e. The van der Waals surface area contributed by atoms with Gasteiger partial charge in [0.25, 0.3) is 0 Å². The summed E-state index contributed by atoms with van der Waals surface area (Å²) >= 11 is 0. The number of hydrogen-bond acceptors (Lipinski definition) is 3. The summed E-state index contributed by atoms with van der Waals surface area (Å²) in [5.41, 5.74) is -0.941. The quantitative estimate of drug-likeness (QED) is 0.595. The molecule has 1 saturated heterocycles. The first-order chi connectivity index (χ1) is 7.68. The van der Waals surface area contributed by atoms with E-state index in [2.05, 4.69) is 0 Å². The van der Waals surface area contributed by atoms with Crippen molar-refractivity contribution in [3.05, 3.63) is 35.9 Å². The second-order valence-corrected chi connectivity index (χ2v) is 6.68. The molecule has 0 aliphatic carbocycles. The van der Waals surface area contributed by atoms with Crippen LogP contribution in [0, 0.1) is 0 Å². The number of aliphatic hydroxyl groups is 2. The van der Waals surface area contributed by atoms with Crippen LogP contribution in [-0.2, 0) is 10.1 Å². The van der Waals surface area contributed by atoms with Gasteiger partial charge in [0.15, 0.2) is 5.41 Å². The van der Waals surface area contributed by atoms with Gasteiger partial charge in [-0.05, 0) is 19.3 Å². The predicted molar refractivity (Wildman–Crippen MR) is 64.7 cm³/mol. The third-order valence-corrected chi connectivity index (χ3v) is 5.10. The highest BCUT2D eigenvalue weighted by molar-refractivity contribution is 6.40. The van der Waals surface area contributed by atoms with Crippen LogP contribution < -0.4 is 0 Å². The largest absolute Gasteiger partial charge is 0.382 e. The highest BCUT2D eigenvalue weighted by atomic mass is 28.2. The summed E-state index contributed by atoms with van der Waals surface area (Å²) in [6.45, 7) is 0.766. The smallest absolute Gasteiger partial charge is 0.166 e. The summed E-state index contributed by atoms with van der Waals surface area (Å²) in [5, 5.41) is 20.2. The van der Waals surface area contributed by atoms with E-state index in [1.165, 1.54) is 0 Å². The molecule has 1 aliphatic rings. The van der Waals surface area contributed by atoms with Gasteiger partial charge < -0.3 is 14.9 Å². The first-order valence-corrected chi connectivity index (χ1v) is 7.33. The molecule has 1 aromatic carbocycles. The van der Waals surface area contributed by atoms with E-state index in [1.807, 2.05) is 18.2 Å². The summed E-state index contributed by atoms with van der Waals surface area (Å²) < 4.78 is 5.58. The number of ether oxygens (including phenoxy) is 1. The van der Waals surface area contributed by atoms with Crippen LogP contribution in [0.5, 0.6) is 0 Å². The molecule has 0 amide bonds. The highest BCUT2D eigenvalue weighted by Crippen LogP contribution is 2.21. The molecule has 0 bridgehead atoms. The molecule has 2 N–H and O–H groups in total. The first kappa shape index (κ1) is 11.8. The predicted octanol–water partition coefficient (Wildman–Crippen LogP) is 0.477. The van der Waals surface area contributed by atoms with Gasteiger partial charge in [-0.15, -0.1) is 0 Å². The Morgan fingerprint density at radius 3 is 2.56 bits per heavy atom. The molecule has 0 aromatic heterocycles. The minimum absolute atomic E-state index is 0.101. The molecular formula is C12H18O3Si. The fraction of sp³-hybridized carbons (Fsp3) is 0.500. The third kappa shape index (κ3) is 2.92. The molecule has 4 heteroatoms. The summed E-state index contributed by atoms with van der Waals surface area (Å²) in [6, 6.07) is 9.04. The molecule has 0 radical (unpaired) electrons. The van der Waals surface area contributed by atoms with Crippen LogP contribution in [0.3, 0.4) is 0 Å². The van der Waals surface area contributed by atoms with Crippen molar-refractivity contribution < 1.29 is 14.9 Å². The van der Waals surface area contributed by atoms with Gasteiger partial charge in [-0.25, -0.2) is 0 Å². The minimum atomic E-state index is -1.64. The lowest BCUT2D eigenvalue weighted by atomic mass is 10.2. The van der Waals surface area contributed by atoms with E-state index in [4.69, 9.17) is 4.74 Å². The number of benzene rings is 1. The fourth-order valence-electron chi connectivity index (χ4n) is 2.11. The molecular weight excluding hydrogens is 220 g/mol. The van der Waals surface area contributed by atoms with Gasteiger partial charge in [0.1, 0.15) is 9.52 Å². The Labute approximate surface area is 97.9 Å². The van der Waals surface area contributed by atoms with Crippen molar-refractivity contribution in [1.82, 2.24) is 0 Å².